The van der Waals surface area contributed by atoms with E-state index in [0.717, 1.165) is 12.1 Å². The van der Waals surface area contributed by atoms with Crippen LogP contribution in [0.3, 0.4) is 0 Å². The number of ether oxygens (including phenoxy) is 6. The first kappa shape index (κ1) is 45.9. The molecule has 0 bridgehead atoms. The number of nitrogens with one attached hydrogen (secondary N) is 1. The summed E-state index contributed by atoms with van der Waals surface area (Å²) in [5.41, 5.74) is -3.61. The number of rotatable bonds is 13. The van der Waals surface area contributed by atoms with Crippen molar-refractivity contribution in [2.45, 2.75) is 99.7 Å². The van der Waals surface area contributed by atoms with E-state index >= 15 is 0 Å². The number of Topliss-reactive ketones (excluding diaryl/α,β-unsaturated/α-hetero) is 1. The monoisotopic (exact) mass is 898 g/mol. The Morgan fingerprint density at radius 2 is 1.73 bits per heavy atom. The predicted molar refractivity (Wildman–Crippen MR) is 207 cm³/mol. The van der Waals surface area contributed by atoms with Crippen molar-refractivity contribution in [1.29, 1.82) is 0 Å². The molecule has 2 saturated heterocycles. The van der Waals surface area contributed by atoms with Gasteiger partial charge in [0.2, 0.25) is 12.1 Å². The molecule has 7 rings (SSSR count). The Labute approximate surface area is 360 Å². The number of benzene rings is 3. The molecule has 0 saturated carbocycles. The van der Waals surface area contributed by atoms with Gasteiger partial charge in [0.05, 0.1) is 41.4 Å². The van der Waals surface area contributed by atoms with Crippen LogP contribution in [0.5, 0.6) is 17.2 Å². The van der Waals surface area contributed by atoms with Gasteiger partial charge in [0.25, 0.3) is 0 Å². The van der Waals surface area contributed by atoms with Gasteiger partial charge in [-0.3, -0.25) is 24.5 Å². The number of fused-ring (bicyclic) bond motifs is 3. The van der Waals surface area contributed by atoms with Crippen LogP contribution in [0.15, 0.2) is 42.5 Å². The summed E-state index contributed by atoms with van der Waals surface area (Å²) in [5.74, 6) is -5.24. The second-order valence-corrected chi connectivity index (χ2v) is 15.6. The van der Waals surface area contributed by atoms with Gasteiger partial charge in [0.15, 0.2) is 29.7 Å². The summed E-state index contributed by atoms with van der Waals surface area (Å²) in [6.07, 6.45) is -17.4. The molecule has 342 valence electrons. The summed E-state index contributed by atoms with van der Waals surface area (Å²) in [6, 6.07) is 7.75. The van der Waals surface area contributed by atoms with E-state index in [9.17, 15) is 69.8 Å². The first-order chi connectivity index (χ1) is 30.3. The Bertz CT molecular complexity index is 2410. The average molecular weight is 899 g/mol. The molecule has 23 heteroatoms. The third kappa shape index (κ3) is 8.35. The number of alkyl carbamates (subject to hydrolysis) is 1. The van der Waals surface area contributed by atoms with Crippen LogP contribution < -0.4 is 14.8 Å². The molecule has 3 aromatic carbocycles. The van der Waals surface area contributed by atoms with E-state index in [4.69, 9.17) is 33.5 Å². The lowest BCUT2D eigenvalue weighted by atomic mass is 9.72. The molecule has 1 amide bonds. The number of aliphatic hydroxyl groups is 6. The first-order valence-electron chi connectivity index (χ1n) is 19.6. The molecule has 1 unspecified atom stereocenters. The molecule has 11 atom stereocenters. The van der Waals surface area contributed by atoms with E-state index in [0.29, 0.717) is 0 Å². The van der Waals surface area contributed by atoms with Gasteiger partial charge in [-0.05, 0) is 36.2 Å². The molecule has 64 heavy (non-hydrogen) atoms. The van der Waals surface area contributed by atoms with E-state index in [-0.39, 0.29) is 51.1 Å². The minimum absolute atomic E-state index is 0.00223. The van der Waals surface area contributed by atoms with Gasteiger partial charge in [-0.1, -0.05) is 18.2 Å². The fraction of sp³-hybridized carbons (Fsp3) is 0.439. The molecule has 23 nitrogen and oxygen atoms in total. The first-order valence-corrected chi connectivity index (χ1v) is 19.6. The van der Waals surface area contributed by atoms with Crippen LogP contribution in [-0.4, -0.2) is 150 Å². The normalized spacial score (nSPS) is 28.8. The largest absolute Gasteiger partial charge is 0.507 e. The summed E-state index contributed by atoms with van der Waals surface area (Å²) in [5, 5.41) is 97.7. The third-order valence-corrected chi connectivity index (χ3v) is 11.6. The smallest absolute Gasteiger partial charge is 0.407 e. The van der Waals surface area contributed by atoms with E-state index in [1.54, 1.807) is 0 Å². The number of ketones is 3. The zero-order valence-electron chi connectivity index (χ0n) is 33.7. The number of phenols is 1. The van der Waals surface area contributed by atoms with E-state index in [1.807, 2.05) is 0 Å². The quantitative estimate of drug-likeness (QED) is 0.0600. The number of carbonyl (C=O) groups is 5. The number of hydrogen-bond acceptors (Lipinski definition) is 20. The minimum atomic E-state index is -2.28. The van der Waals surface area contributed by atoms with Crippen molar-refractivity contribution in [3.8, 4) is 17.2 Å². The molecule has 0 aromatic heterocycles. The van der Waals surface area contributed by atoms with Gasteiger partial charge in [-0.15, -0.1) is 0 Å². The number of methoxy groups -OCH3 is 1. The highest BCUT2D eigenvalue weighted by Crippen LogP contribution is 2.49. The van der Waals surface area contributed by atoms with Crippen molar-refractivity contribution >= 4 is 35.1 Å². The zero-order valence-corrected chi connectivity index (χ0v) is 33.7. The number of amides is 1. The molecule has 2 aliphatic heterocycles. The highest BCUT2D eigenvalue weighted by molar-refractivity contribution is 6.30. The molecule has 4 aliphatic rings. The molecule has 2 fully saturated rings. The maximum Gasteiger partial charge on any atom is 0.407 e. The lowest BCUT2D eigenvalue weighted by Crippen LogP contribution is -2.56. The summed E-state index contributed by atoms with van der Waals surface area (Å²) >= 11 is 0. The van der Waals surface area contributed by atoms with Crippen LogP contribution in [0.2, 0.25) is 0 Å². The van der Waals surface area contributed by atoms with Gasteiger partial charge in [-0.2, -0.15) is 0 Å². The van der Waals surface area contributed by atoms with Crippen LogP contribution in [-0.2, 0) is 41.6 Å². The number of aromatic hydroxyl groups is 1. The maximum absolute atomic E-state index is 13.9. The van der Waals surface area contributed by atoms with Crippen LogP contribution in [0.4, 0.5) is 10.5 Å². The van der Waals surface area contributed by atoms with Crippen LogP contribution in [0, 0.1) is 10.1 Å². The van der Waals surface area contributed by atoms with E-state index < -0.39 is 145 Å². The SMILES string of the molecule is COc1cccc2c1C(=O)c1c(cc3c(c1O)[C@@H](O[C@H]1C[C@H](NC(=O)OCc4ccc(O[C@@H]5O[C@H](C(O)C(=O)O)[C@H](O)[C@H]5O)c([N+](=O)[O-])c4)[C@H](O)[C@H](C)O1)C[C@](O)(C(=O)CO)C3)C2=O. The van der Waals surface area contributed by atoms with Gasteiger partial charge < -0.3 is 74.6 Å². The maximum atomic E-state index is 13.9. The number of hydrogen-bond donors (Lipinski definition) is 9. The standard InChI is InChI=1S/C41H42N2O21/c1-15-30(46)20(42-40(55)60-14-16-6-7-22(21(8-16)43(57)58)63-39-35(51)34(50)37(64-39)36(52)38(53)54)10-26(61-15)62-24-12-41(56,25(45)13-44)11-17-9-19-29(32(48)27(17)24)33(49)28-18(31(19)47)4-3-5-23(28)59-2/h3-9,15,20,24,26,30,34-37,39,44,46,48,50-52,56H,10-14H2,1-2H3,(H,42,55)(H,53,54)/t15-,20-,24-,26-,30+,34+,35+,36?,37-,39+,41-/m0/s1. The number of phenolic OH excluding ortho intramolecular Hbond substituents is 1. The molecule has 0 radical (unpaired) electrons. The molecule has 0 spiro atoms. The van der Waals surface area contributed by atoms with E-state index in [1.165, 1.54) is 44.4 Å². The third-order valence-electron chi connectivity index (χ3n) is 11.6. The Kier molecular flexibility index (Phi) is 12.7. The van der Waals surface area contributed by atoms with Crippen molar-refractivity contribution in [2.75, 3.05) is 13.7 Å². The minimum Gasteiger partial charge on any atom is -0.507 e. The number of carbonyl (C=O) groups excluding carboxylic acids is 4. The summed E-state index contributed by atoms with van der Waals surface area (Å²) in [6.45, 7) is -0.208. The number of nitro benzene ring substituents is 1. The predicted octanol–water partition coefficient (Wildman–Crippen LogP) is -0.557. The van der Waals surface area contributed by atoms with Crippen molar-refractivity contribution < 1.29 is 98.2 Å². The lowest BCUT2D eigenvalue weighted by molar-refractivity contribution is -0.386. The summed E-state index contributed by atoms with van der Waals surface area (Å²) < 4.78 is 33.2. The van der Waals surface area contributed by atoms with Crippen LogP contribution >= 0.6 is 0 Å². The van der Waals surface area contributed by atoms with Crippen LogP contribution in [0.1, 0.15) is 74.4 Å². The second-order valence-electron chi connectivity index (χ2n) is 15.6. The van der Waals surface area contributed by atoms with Crippen molar-refractivity contribution in [2.24, 2.45) is 0 Å². The number of nitro groups is 1. The number of nitrogens with zero attached hydrogens (tertiary/aromatic N) is 1. The van der Waals surface area contributed by atoms with Gasteiger partial charge in [-0.25, -0.2) is 9.59 Å². The second kappa shape index (κ2) is 17.8. The number of aliphatic hydroxyl groups excluding tert-OH is 5. The fourth-order valence-corrected chi connectivity index (χ4v) is 8.32. The molecular weight excluding hydrogens is 856 g/mol. The Morgan fingerprint density at radius 1 is 1.00 bits per heavy atom. The summed E-state index contributed by atoms with van der Waals surface area (Å²) in [4.78, 5) is 75.8. The average Bonchev–Trinajstić information content (AvgIpc) is 3.53. The van der Waals surface area contributed by atoms with Gasteiger partial charge >= 0.3 is 17.7 Å². The molecular formula is C41H42N2O21. The highest BCUT2D eigenvalue weighted by Gasteiger charge is 2.51. The Hall–Kier alpha value is -6.15. The van der Waals surface area contributed by atoms with E-state index in [2.05, 4.69) is 5.32 Å². The molecule has 2 aliphatic carbocycles. The van der Waals surface area contributed by atoms with Crippen molar-refractivity contribution in [3.05, 3.63) is 91.5 Å². The van der Waals surface area contributed by atoms with Gasteiger partial charge in [0, 0.05) is 42.0 Å². The Morgan fingerprint density at radius 3 is 2.41 bits per heavy atom. The molecule has 2 heterocycles. The number of carboxylic acid groups (broad SMARTS) is 1. The molecule has 3 aromatic rings. The van der Waals surface area contributed by atoms with Crippen molar-refractivity contribution in [3.63, 3.8) is 0 Å². The fourth-order valence-electron chi connectivity index (χ4n) is 8.32. The zero-order chi connectivity index (χ0) is 46.5. The topological polar surface area (TPSA) is 358 Å². The van der Waals surface area contributed by atoms with Crippen LogP contribution in [0.25, 0.3) is 0 Å². The van der Waals surface area contributed by atoms with Crippen molar-refractivity contribution in [1.82, 2.24) is 5.32 Å². The lowest BCUT2D eigenvalue weighted by Gasteiger charge is -2.42. The highest BCUT2D eigenvalue weighted by atomic mass is 16.7. The van der Waals surface area contributed by atoms with Gasteiger partial charge in [0.1, 0.15) is 54.7 Å². The number of carboxylic acids is 1. The number of aliphatic carboxylic acids is 1. The molecule has 9 N–H and O–H groups in total. The Balaban J connectivity index is 1.06. The summed E-state index contributed by atoms with van der Waals surface area (Å²) in [7, 11) is 1.30.